The standard InChI is InChI=1S/C19H19F3N3O3S/c1-24-16-14(17(26)25(2)18(24)27)15(12(8-23-16)9-28-3)29-10-11-5-4-6-13(7-11)19(20,21)22/h4-8,14H,9-10H2,1-3H3/q+1. The Morgan fingerprint density at radius 3 is 2.69 bits per heavy atom. The van der Waals surface area contributed by atoms with Gasteiger partial charge in [0.1, 0.15) is 6.21 Å². The Bertz CT molecular complexity index is 954. The smallest absolute Gasteiger partial charge is 0.380 e. The molecule has 2 aliphatic rings. The second kappa shape index (κ2) is 8.11. The molecule has 0 fully saturated rings. The van der Waals surface area contributed by atoms with E-state index in [-0.39, 0.29) is 12.4 Å². The van der Waals surface area contributed by atoms with Crippen LogP contribution in [0.4, 0.5) is 18.0 Å². The molecule has 3 rings (SSSR count). The Labute approximate surface area is 169 Å². The van der Waals surface area contributed by atoms with Gasteiger partial charge < -0.3 is 4.74 Å². The van der Waals surface area contributed by atoms with Crippen molar-refractivity contribution in [3.8, 4) is 0 Å². The number of benzene rings is 1. The number of halogens is 3. The zero-order valence-corrected chi connectivity index (χ0v) is 16.8. The number of nitrogens with zero attached hydrogens (tertiary/aromatic N) is 3. The zero-order valence-electron chi connectivity index (χ0n) is 16.0. The van der Waals surface area contributed by atoms with Crippen molar-refractivity contribution in [1.82, 2.24) is 4.90 Å². The van der Waals surface area contributed by atoms with Crippen LogP contribution in [0.1, 0.15) is 11.1 Å². The minimum Gasteiger partial charge on any atom is -0.380 e. The molecule has 0 saturated carbocycles. The number of methoxy groups -OCH3 is 1. The molecular weight excluding hydrogens is 407 g/mol. The summed E-state index contributed by atoms with van der Waals surface area (Å²) >= 11 is 1.25. The van der Waals surface area contributed by atoms with Crippen LogP contribution in [0.25, 0.3) is 0 Å². The number of fused-ring (bicyclic) bond motifs is 1. The van der Waals surface area contributed by atoms with Gasteiger partial charge in [-0.1, -0.05) is 18.2 Å². The average Bonchev–Trinajstić information content (AvgIpc) is 2.69. The fourth-order valence-corrected chi connectivity index (χ4v) is 4.31. The number of hydrogen-bond donors (Lipinski definition) is 0. The van der Waals surface area contributed by atoms with Crippen LogP contribution >= 0.6 is 11.8 Å². The number of dihydropyridines is 1. The molecule has 0 spiro atoms. The van der Waals surface area contributed by atoms with E-state index >= 15 is 0 Å². The molecule has 3 amide bonds. The number of aliphatic imine (C=N–C) groups is 1. The summed E-state index contributed by atoms with van der Waals surface area (Å²) in [5, 5.41) is 0. The molecule has 29 heavy (non-hydrogen) atoms. The van der Waals surface area contributed by atoms with Crippen LogP contribution in [0.15, 0.2) is 39.7 Å². The maximum atomic E-state index is 13.0. The fourth-order valence-electron chi connectivity index (χ4n) is 3.14. The summed E-state index contributed by atoms with van der Waals surface area (Å²) in [5.41, 5.74) is 0.403. The number of imide groups is 1. The van der Waals surface area contributed by atoms with Crippen LogP contribution in [-0.4, -0.2) is 61.3 Å². The van der Waals surface area contributed by atoms with E-state index in [0.29, 0.717) is 21.9 Å². The summed E-state index contributed by atoms with van der Waals surface area (Å²) in [4.78, 5) is 30.9. The van der Waals surface area contributed by atoms with Crippen LogP contribution in [0, 0.1) is 5.92 Å². The largest absolute Gasteiger partial charge is 0.445 e. The molecule has 10 heteroatoms. The molecule has 0 aliphatic carbocycles. The summed E-state index contributed by atoms with van der Waals surface area (Å²) in [7, 11) is 4.42. The molecule has 0 aromatic heterocycles. The molecular formula is C19H19F3N3O3S+. The van der Waals surface area contributed by atoms with Crippen LogP contribution in [0.3, 0.4) is 0 Å². The van der Waals surface area contributed by atoms with Gasteiger partial charge in [-0.25, -0.2) is 4.79 Å². The Morgan fingerprint density at radius 2 is 2.03 bits per heavy atom. The van der Waals surface area contributed by atoms with Gasteiger partial charge in [0.2, 0.25) is 0 Å². The van der Waals surface area contributed by atoms with Crippen molar-refractivity contribution in [3.63, 3.8) is 0 Å². The van der Waals surface area contributed by atoms with Crippen molar-refractivity contribution in [2.75, 3.05) is 27.8 Å². The molecule has 1 unspecified atom stereocenters. The lowest BCUT2D eigenvalue weighted by Gasteiger charge is -2.28. The van der Waals surface area contributed by atoms with E-state index < -0.39 is 29.6 Å². The number of rotatable bonds is 5. The molecule has 1 aromatic rings. The summed E-state index contributed by atoms with van der Waals surface area (Å²) in [6.07, 6.45) is -2.89. The number of thioether (sulfide) groups is 1. The number of hydrogen-bond acceptors (Lipinski definition) is 5. The monoisotopic (exact) mass is 426 g/mol. The highest BCUT2D eigenvalue weighted by atomic mass is 32.2. The van der Waals surface area contributed by atoms with Crippen LogP contribution in [-0.2, 0) is 21.5 Å². The van der Waals surface area contributed by atoms with Gasteiger partial charge in [-0.3, -0.25) is 4.79 Å². The maximum absolute atomic E-state index is 13.0. The van der Waals surface area contributed by atoms with E-state index in [2.05, 4.69) is 4.99 Å². The predicted octanol–water partition coefficient (Wildman–Crippen LogP) is 3.17. The van der Waals surface area contributed by atoms with E-state index in [1.165, 1.54) is 49.8 Å². The molecule has 0 bridgehead atoms. The van der Waals surface area contributed by atoms with E-state index in [9.17, 15) is 22.8 Å². The number of amidine groups is 1. The molecule has 2 aliphatic heterocycles. The van der Waals surface area contributed by atoms with Gasteiger partial charge in [-0.2, -0.15) is 22.6 Å². The first kappa shape index (κ1) is 21.3. The summed E-state index contributed by atoms with van der Waals surface area (Å²) in [5.74, 6) is -0.711. The van der Waals surface area contributed by atoms with E-state index in [1.807, 2.05) is 0 Å². The SMILES string of the molecule is COCC1=C(SCc2cccc(C(F)(F)F)c2)C2C(=O)N(C)C(=O)[N+](C)=C2N=C1. The summed E-state index contributed by atoms with van der Waals surface area (Å²) in [6.45, 7) is 0.187. The molecule has 154 valence electrons. The van der Waals surface area contributed by atoms with Crippen molar-refractivity contribution in [2.45, 2.75) is 11.9 Å². The van der Waals surface area contributed by atoms with Crippen molar-refractivity contribution < 1.29 is 32.1 Å². The summed E-state index contributed by atoms with van der Waals surface area (Å²) < 4.78 is 45.4. The first-order valence-electron chi connectivity index (χ1n) is 8.62. The van der Waals surface area contributed by atoms with Gasteiger partial charge >= 0.3 is 18.1 Å². The Hall–Kier alpha value is -2.46. The molecule has 1 atom stereocenters. The maximum Gasteiger partial charge on any atom is 0.445 e. The lowest BCUT2D eigenvalue weighted by Crippen LogP contribution is -2.52. The van der Waals surface area contributed by atoms with Gasteiger partial charge in [0.05, 0.1) is 26.3 Å². The Kier molecular flexibility index (Phi) is 5.95. The highest BCUT2D eigenvalue weighted by Gasteiger charge is 2.48. The Morgan fingerprint density at radius 1 is 1.31 bits per heavy atom. The minimum atomic E-state index is -4.43. The molecule has 0 N–H and O–H groups in total. The Balaban J connectivity index is 1.95. The number of alkyl halides is 3. The third-order valence-electron chi connectivity index (χ3n) is 4.63. The minimum absolute atomic E-state index is 0.187. The topological polar surface area (TPSA) is 62.0 Å². The van der Waals surface area contributed by atoms with Gasteiger partial charge in [0.25, 0.3) is 5.84 Å². The van der Waals surface area contributed by atoms with Crippen LogP contribution in [0.2, 0.25) is 0 Å². The molecule has 6 nitrogen and oxygen atoms in total. The van der Waals surface area contributed by atoms with Gasteiger partial charge in [-0.05, 0) is 11.6 Å². The van der Waals surface area contributed by atoms with Crippen LogP contribution in [0.5, 0.6) is 0 Å². The third-order valence-corrected chi connectivity index (χ3v) is 5.92. The van der Waals surface area contributed by atoms with Crippen molar-refractivity contribution >= 4 is 35.8 Å². The molecule has 0 saturated heterocycles. The average molecular weight is 426 g/mol. The van der Waals surface area contributed by atoms with E-state index in [4.69, 9.17) is 4.74 Å². The summed E-state index contributed by atoms with van der Waals surface area (Å²) in [6, 6.07) is 4.58. The van der Waals surface area contributed by atoms with Gasteiger partial charge in [0, 0.05) is 23.3 Å². The van der Waals surface area contributed by atoms with Gasteiger partial charge in [-0.15, -0.1) is 16.8 Å². The highest BCUT2D eigenvalue weighted by molar-refractivity contribution is 8.02. The van der Waals surface area contributed by atoms with E-state index in [1.54, 1.807) is 6.07 Å². The van der Waals surface area contributed by atoms with E-state index in [0.717, 1.165) is 17.0 Å². The quantitative estimate of drug-likeness (QED) is 0.679. The molecule has 2 heterocycles. The normalized spacial score (nSPS) is 19.9. The lowest BCUT2D eigenvalue weighted by atomic mass is 9.98. The molecule has 0 radical (unpaired) electrons. The first-order chi connectivity index (χ1) is 13.6. The fraction of sp³-hybridized carbons (Fsp3) is 0.368. The third kappa shape index (κ3) is 4.13. The van der Waals surface area contributed by atoms with Crippen LogP contribution < -0.4 is 0 Å². The van der Waals surface area contributed by atoms with Crippen molar-refractivity contribution in [1.29, 1.82) is 0 Å². The number of carbonyl (C=O) groups excluding carboxylic acids is 2. The number of urea groups is 1. The number of amides is 3. The molecule has 1 aromatic carbocycles. The lowest BCUT2D eigenvalue weighted by molar-refractivity contribution is -0.407. The number of ether oxygens (including phenoxy) is 1. The second-order valence-corrected chi connectivity index (χ2v) is 7.61. The number of carbonyl (C=O) groups is 2. The predicted molar refractivity (Wildman–Crippen MR) is 103 cm³/mol. The van der Waals surface area contributed by atoms with Crippen molar-refractivity contribution in [2.24, 2.45) is 10.9 Å². The zero-order chi connectivity index (χ0) is 21.3. The highest BCUT2D eigenvalue weighted by Crippen LogP contribution is 2.37. The van der Waals surface area contributed by atoms with Crippen molar-refractivity contribution in [3.05, 3.63) is 45.9 Å². The second-order valence-electron chi connectivity index (χ2n) is 6.60. The van der Waals surface area contributed by atoms with Gasteiger partial charge in [0.15, 0.2) is 5.92 Å². The first-order valence-corrected chi connectivity index (χ1v) is 9.60.